The Labute approximate surface area is 87.5 Å². The Kier molecular flexibility index (Phi) is 5.07. The van der Waals surface area contributed by atoms with E-state index in [0.717, 1.165) is 5.92 Å². The van der Waals surface area contributed by atoms with Gasteiger partial charge in [-0.2, -0.15) is 0 Å². The standard InChI is InChI=1S/C10H20N2.ClH/c1-2-7-12(6-1)9-10-4-3-5-11-8-10;/h10-11H,1-9H2;1H/t10-;/m0./s1. The molecule has 2 rings (SSSR count). The van der Waals surface area contributed by atoms with Crippen LogP contribution in [0.2, 0.25) is 0 Å². The van der Waals surface area contributed by atoms with Crippen molar-refractivity contribution in [3.63, 3.8) is 0 Å². The van der Waals surface area contributed by atoms with Crippen molar-refractivity contribution in [1.82, 2.24) is 10.2 Å². The summed E-state index contributed by atoms with van der Waals surface area (Å²) in [6, 6.07) is 0. The molecular formula is C10H21ClN2. The van der Waals surface area contributed by atoms with Crippen LogP contribution in [0.4, 0.5) is 0 Å². The van der Waals surface area contributed by atoms with Crippen LogP contribution in [0.3, 0.4) is 0 Å². The zero-order valence-corrected chi connectivity index (χ0v) is 9.11. The Morgan fingerprint density at radius 2 is 1.92 bits per heavy atom. The second kappa shape index (κ2) is 5.84. The van der Waals surface area contributed by atoms with Crippen molar-refractivity contribution in [2.75, 3.05) is 32.7 Å². The monoisotopic (exact) mass is 204 g/mol. The molecule has 13 heavy (non-hydrogen) atoms. The van der Waals surface area contributed by atoms with Gasteiger partial charge in [-0.05, 0) is 57.8 Å². The highest BCUT2D eigenvalue weighted by atomic mass is 35.5. The smallest absolute Gasteiger partial charge is 0.00218 e. The summed E-state index contributed by atoms with van der Waals surface area (Å²) >= 11 is 0. The van der Waals surface area contributed by atoms with E-state index in [2.05, 4.69) is 10.2 Å². The molecule has 78 valence electrons. The van der Waals surface area contributed by atoms with Crippen molar-refractivity contribution in [1.29, 1.82) is 0 Å². The first-order valence-corrected chi connectivity index (χ1v) is 5.38. The van der Waals surface area contributed by atoms with E-state index in [4.69, 9.17) is 0 Å². The number of nitrogens with zero attached hydrogens (tertiary/aromatic N) is 1. The van der Waals surface area contributed by atoms with Crippen molar-refractivity contribution < 1.29 is 0 Å². The van der Waals surface area contributed by atoms with Crippen LogP contribution in [0.1, 0.15) is 25.7 Å². The molecule has 0 aliphatic carbocycles. The highest BCUT2D eigenvalue weighted by Gasteiger charge is 2.18. The number of hydrogen-bond donors (Lipinski definition) is 1. The molecule has 0 aromatic carbocycles. The average Bonchev–Trinajstić information content (AvgIpc) is 2.59. The maximum Gasteiger partial charge on any atom is 0.00218 e. The number of rotatable bonds is 2. The first-order chi connectivity index (χ1) is 5.95. The molecule has 0 unspecified atom stereocenters. The molecule has 0 aromatic heterocycles. The van der Waals surface area contributed by atoms with Gasteiger partial charge in [0, 0.05) is 6.54 Å². The molecule has 0 spiro atoms. The molecule has 2 aliphatic heterocycles. The zero-order valence-electron chi connectivity index (χ0n) is 8.30. The van der Waals surface area contributed by atoms with Gasteiger partial charge in [-0.1, -0.05) is 0 Å². The average molecular weight is 205 g/mol. The molecule has 2 nitrogen and oxygen atoms in total. The molecule has 2 aliphatic rings. The Morgan fingerprint density at radius 1 is 1.15 bits per heavy atom. The number of halogens is 1. The van der Waals surface area contributed by atoms with Gasteiger partial charge in [0.05, 0.1) is 0 Å². The Bertz CT molecular complexity index is 129. The lowest BCUT2D eigenvalue weighted by Gasteiger charge is -2.27. The van der Waals surface area contributed by atoms with Gasteiger partial charge < -0.3 is 10.2 Å². The van der Waals surface area contributed by atoms with E-state index in [-0.39, 0.29) is 12.4 Å². The highest BCUT2D eigenvalue weighted by Crippen LogP contribution is 2.15. The summed E-state index contributed by atoms with van der Waals surface area (Å²) in [7, 11) is 0. The molecule has 1 N–H and O–H groups in total. The zero-order chi connectivity index (χ0) is 8.23. The van der Waals surface area contributed by atoms with Crippen LogP contribution in [0.25, 0.3) is 0 Å². The van der Waals surface area contributed by atoms with Crippen molar-refractivity contribution in [2.45, 2.75) is 25.7 Å². The summed E-state index contributed by atoms with van der Waals surface area (Å²) in [5, 5.41) is 3.48. The number of likely N-dealkylation sites (tertiary alicyclic amines) is 1. The third-order valence-corrected chi connectivity index (χ3v) is 3.11. The van der Waals surface area contributed by atoms with Crippen LogP contribution in [-0.4, -0.2) is 37.6 Å². The summed E-state index contributed by atoms with van der Waals surface area (Å²) < 4.78 is 0. The molecule has 0 bridgehead atoms. The summed E-state index contributed by atoms with van der Waals surface area (Å²) in [6.07, 6.45) is 5.70. The fourth-order valence-electron chi connectivity index (χ4n) is 2.41. The van der Waals surface area contributed by atoms with Crippen LogP contribution in [-0.2, 0) is 0 Å². The molecule has 0 radical (unpaired) electrons. The third-order valence-electron chi connectivity index (χ3n) is 3.11. The molecule has 3 heteroatoms. The fourth-order valence-corrected chi connectivity index (χ4v) is 2.41. The second-order valence-electron chi connectivity index (χ2n) is 4.22. The first kappa shape index (κ1) is 11.3. The Morgan fingerprint density at radius 3 is 2.54 bits per heavy atom. The van der Waals surface area contributed by atoms with Gasteiger partial charge >= 0.3 is 0 Å². The molecule has 2 saturated heterocycles. The second-order valence-corrected chi connectivity index (χ2v) is 4.22. The Balaban J connectivity index is 0.000000845. The van der Waals surface area contributed by atoms with E-state index < -0.39 is 0 Å². The van der Waals surface area contributed by atoms with E-state index in [1.54, 1.807) is 0 Å². The predicted octanol–water partition coefficient (Wildman–Crippen LogP) is 1.50. The molecule has 2 fully saturated rings. The van der Waals surface area contributed by atoms with Crippen molar-refractivity contribution >= 4 is 12.4 Å². The van der Waals surface area contributed by atoms with Gasteiger partial charge in [-0.3, -0.25) is 0 Å². The maximum absolute atomic E-state index is 3.48. The van der Waals surface area contributed by atoms with Crippen molar-refractivity contribution in [3.8, 4) is 0 Å². The maximum atomic E-state index is 3.48. The molecule has 0 saturated carbocycles. The van der Waals surface area contributed by atoms with Crippen LogP contribution in [0.15, 0.2) is 0 Å². The van der Waals surface area contributed by atoms with Crippen LogP contribution in [0, 0.1) is 5.92 Å². The molecule has 0 aromatic rings. The van der Waals surface area contributed by atoms with E-state index in [0.29, 0.717) is 0 Å². The minimum absolute atomic E-state index is 0. The lowest BCUT2D eigenvalue weighted by molar-refractivity contribution is 0.244. The fraction of sp³-hybridized carbons (Fsp3) is 1.00. The van der Waals surface area contributed by atoms with E-state index in [1.165, 1.54) is 58.4 Å². The lowest BCUT2D eigenvalue weighted by Crippen LogP contribution is -2.37. The van der Waals surface area contributed by atoms with E-state index in [9.17, 15) is 0 Å². The van der Waals surface area contributed by atoms with E-state index in [1.807, 2.05) is 0 Å². The minimum atomic E-state index is 0. The molecule has 1 atom stereocenters. The van der Waals surface area contributed by atoms with Crippen molar-refractivity contribution in [2.24, 2.45) is 5.92 Å². The van der Waals surface area contributed by atoms with Gasteiger partial charge in [-0.25, -0.2) is 0 Å². The van der Waals surface area contributed by atoms with Gasteiger partial charge in [-0.15, -0.1) is 12.4 Å². The topological polar surface area (TPSA) is 15.3 Å². The van der Waals surface area contributed by atoms with Gasteiger partial charge in [0.1, 0.15) is 0 Å². The summed E-state index contributed by atoms with van der Waals surface area (Å²) in [4.78, 5) is 2.64. The molecular weight excluding hydrogens is 184 g/mol. The Hall–Kier alpha value is 0.210. The third kappa shape index (κ3) is 3.45. The minimum Gasteiger partial charge on any atom is -0.316 e. The van der Waals surface area contributed by atoms with Crippen molar-refractivity contribution in [3.05, 3.63) is 0 Å². The summed E-state index contributed by atoms with van der Waals surface area (Å²) in [5.74, 6) is 0.942. The number of hydrogen-bond acceptors (Lipinski definition) is 2. The SMILES string of the molecule is C1CNC[C@@H](CN2CCCC2)C1.Cl. The summed E-state index contributed by atoms with van der Waals surface area (Å²) in [6.45, 7) is 6.58. The first-order valence-electron chi connectivity index (χ1n) is 5.38. The predicted molar refractivity (Wildman–Crippen MR) is 58.5 cm³/mol. The van der Waals surface area contributed by atoms with Gasteiger partial charge in [0.15, 0.2) is 0 Å². The lowest BCUT2D eigenvalue weighted by atomic mass is 9.99. The number of nitrogens with one attached hydrogen (secondary N) is 1. The van der Waals surface area contributed by atoms with Crippen LogP contribution >= 0.6 is 12.4 Å². The molecule has 2 heterocycles. The van der Waals surface area contributed by atoms with Gasteiger partial charge in [0.2, 0.25) is 0 Å². The summed E-state index contributed by atoms with van der Waals surface area (Å²) in [5.41, 5.74) is 0. The normalized spacial score (nSPS) is 30.0. The molecule has 0 amide bonds. The number of piperidine rings is 1. The van der Waals surface area contributed by atoms with Gasteiger partial charge in [0.25, 0.3) is 0 Å². The van der Waals surface area contributed by atoms with E-state index >= 15 is 0 Å². The quantitative estimate of drug-likeness (QED) is 0.734. The highest BCUT2D eigenvalue weighted by molar-refractivity contribution is 5.85. The largest absolute Gasteiger partial charge is 0.316 e. The van der Waals surface area contributed by atoms with Crippen LogP contribution < -0.4 is 5.32 Å². The van der Waals surface area contributed by atoms with Crippen LogP contribution in [0.5, 0.6) is 0 Å².